The number of aliphatic hydroxyl groups excluding tert-OH is 1. The largest absolute Gasteiger partial charge is 0.490 e. The minimum atomic E-state index is -0.575. The maximum absolute atomic E-state index is 10.5. The summed E-state index contributed by atoms with van der Waals surface area (Å²) in [5.74, 6) is 0.950. The molecule has 2 atom stereocenters. The van der Waals surface area contributed by atoms with Crippen LogP contribution < -0.4 is 4.74 Å². The van der Waals surface area contributed by atoms with Gasteiger partial charge in [-0.15, -0.1) is 0 Å². The van der Waals surface area contributed by atoms with Crippen molar-refractivity contribution in [1.82, 2.24) is 0 Å². The second kappa shape index (κ2) is 5.13. The van der Waals surface area contributed by atoms with Crippen LogP contribution in [0, 0.1) is 3.57 Å². The molecule has 1 aliphatic heterocycles. The lowest BCUT2D eigenvalue weighted by atomic mass is 9.98. The molecule has 0 bridgehead atoms. The lowest BCUT2D eigenvalue weighted by Crippen LogP contribution is -2.05. The Hall–Kier alpha value is -1.07. The molecule has 19 heavy (non-hydrogen) atoms. The van der Waals surface area contributed by atoms with Crippen LogP contribution in [0.4, 0.5) is 0 Å². The molecule has 98 valence electrons. The molecule has 0 amide bonds. The van der Waals surface area contributed by atoms with Crippen molar-refractivity contribution < 1.29 is 9.84 Å². The highest BCUT2D eigenvalue weighted by Crippen LogP contribution is 2.33. The van der Waals surface area contributed by atoms with E-state index in [1.165, 1.54) is 5.56 Å². The van der Waals surface area contributed by atoms with Gasteiger partial charge in [0.25, 0.3) is 0 Å². The molecule has 2 nitrogen and oxygen atoms in total. The lowest BCUT2D eigenvalue weighted by molar-refractivity contribution is 0.219. The van der Waals surface area contributed by atoms with E-state index in [0.29, 0.717) is 0 Å². The summed E-state index contributed by atoms with van der Waals surface area (Å²) in [7, 11) is 0. The molecule has 0 aromatic heterocycles. The molecule has 0 aliphatic carbocycles. The highest BCUT2D eigenvalue weighted by atomic mass is 127. The van der Waals surface area contributed by atoms with E-state index in [1.807, 2.05) is 36.4 Å². The van der Waals surface area contributed by atoms with Gasteiger partial charge in [0.15, 0.2) is 0 Å². The lowest BCUT2D eigenvalue weighted by Gasteiger charge is -2.14. The first-order valence-corrected chi connectivity index (χ1v) is 7.45. The molecule has 1 N–H and O–H groups in total. The van der Waals surface area contributed by atoms with Crippen molar-refractivity contribution in [2.75, 3.05) is 0 Å². The van der Waals surface area contributed by atoms with Gasteiger partial charge in [0.1, 0.15) is 18.0 Å². The Kier molecular flexibility index (Phi) is 3.50. The van der Waals surface area contributed by atoms with Gasteiger partial charge in [-0.1, -0.05) is 24.3 Å². The summed E-state index contributed by atoms with van der Waals surface area (Å²) in [6.07, 6.45) is 0.579. The van der Waals surface area contributed by atoms with Crippen LogP contribution in [0.3, 0.4) is 0 Å². The zero-order valence-electron chi connectivity index (χ0n) is 10.6. The summed E-state index contributed by atoms with van der Waals surface area (Å²) in [4.78, 5) is 0. The second-order valence-electron chi connectivity index (χ2n) is 4.92. The number of halogens is 1. The van der Waals surface area contributed by atoms with Crippen LogP contribution in [0.1, 0.15) is 29.7 Å². The van der Waals surface area contributed by atoms with Gasteiger partial charge in [-0.2, -0.15) is 0 Å². The SMILES string of the molecule is CC1Cc2cc(C(O)c3ccccc3I)ccc2O1. The molecule has 0 saturated heterocycles. The Morgan fingerprint density at radius 2 is 2.05 bits per heavy atom. The maximum atomic E-state index is 10.5. The maximum Gasteiger partial charge on any atom is 0.123 e. The van der Waals surface area contributed by atoms with Gasteiger partial charge >= 0.3 is 0 Å². The van der Waals surface area contributed by atoms with E-state index in [1.54, 1.807) is 0 Å². The van der Waals surface area contributed by atoms with Crippen LogP contribution in [0.2, 0.25) is 0 Å². The summed E-state index contributed by atoms with van der Waals surface area (Å²) in [6.45, 7) is 2.07. The van der Waals surface area contributed by atoms with Crippen molar-refractivity contribution in [1.29, 1.82) is 0 Å². The third kappa shape index (κ3) is 2.49. The van der Waals surface area contributed by atoms with Crippen LogP contribution in [0.5, 0.6) is 5.75 Å². The number of hydrogen-bond acceptors (Lipinski definition) is 2. The molecular formula is C16H15IO2. The number of aliphatic hydroxyl groups is 1. The molecule has 3 rings (SSSR count). The molecule has 0 saturated carbocycles. The summed E-state index contributed by atoms with van der Waals surface area (Å²) >= 11 is 2.26. The van der Waals surface area contributed by atoms with E-state index in [-0.39, 0.29) is 6.10 Å². The Bertz CT molecular complexity index is 609. The van der Waals surface area contributed by atoms with Crippen molar-refractivity contribution in [3.05, 3.63) is 62.7 Å². The predicted molar refractivity (Wildman–Crippen MR) is 83.5 cm³/mol. The number of hydrogen-bond donors (Lipinski definition) is 1. The van der Waals surface area contributed by atoms with Crippen LogP contribution in [0.25, 0.3) is 0 Å². The zero-order valence-corrected chi connectivity index (χ0v) is 12.8. The van der Waals surface area contributed by atoms with Crippen LogP contribution in [-0.4, -0.2) is 11.2 Å². The Morgan fingerprint density at radius 1 is 1.26 bits per heavy atom. The van der Waals surface area contributed by atoms with Gasteiger partial charge in [0.2, 0.25) is 0 Å². The molecule has 0 fully saturated rings. The first-order chi connectivity index (χ1) is 9.15. The Balaban J connectivity index is 1.95. The third-order valence-corrected chi connectivity index (χ3v) is 4.42. The summed E-state index contributed by atoms with van der Waals surface area (Å²) < 4.78 is 6.77. The fourth-order valence-corrected chi connectivity index (χ4v) is 3.17. The smallest absolute Gasteiger partial charge is 0.123 e. The predicted octanol–water partition coefficient (Wildman–Crippen LogP) is 3.70. The highest BCUT2D eigenvalue weighted by molar-refractivity contribution is 14.1. The minimum Gasteiger partial charge on any atom is -0.490 e. The average molecular weight is 366 g/mol. The van der Waals surface area contributed by atoms with E-state index in [2.05, 4.69) is 35.6 Å². The van der Waals surface area contributed by atoms with Crippen molar-refractivity contribution >= 4 is 22.6 Å². The van der Waals surface area contributed by atoms with Crippen molar-refractivity contribution in [3.63, 3.8) is 0 Å². The Morgan fingerprint density at radius 3 is 2.84 bits per heavy atom. The first kappa shape index (κ1) is 12.9. The van der Waals surface area contributed by atoms with E-state index in [0.717, 1.165) is 26.9 Å². The minimum absolute atomic E-state index is 0.235. The average Bonchev–Trinajstić information content (AvgIpc) is 2.77. The quantitative estimate of drug-likeness (QED) is 0.822. The summed E-state index contributed by atoms with van der Waals surface area (Å²) in [5, 5.41) is 10.5. The molecule has 2 aromatic carbocycles. The van der Waals surface area contributed by atoms with E-state index < -0.39 is 6.10 Å². The van der Waals surface area contributed by atoms with Gasteiger partial charge in [-0.3, -0.25) is 0 Å². The number of rotatable bonds is 2. The number of benzene rings is 2. The van der Waals surface area contributed by atoms with E-state index in [9.17, 15) is 5.11 Å². The van der Waals surface area contributed by atoms with Crippen LogP contribution in [0.15, 0.2) is 42.5 Å². The summed E-state index contributed by atoms with van der Waals surface area (Å²) in [5.41, 5.74) is 3.07. The standard InChI is InChI=1S/C16H15IO2/c1-10-8-12-9-11(6-7-15(12)19-10)16(18)13-4-2-3-5-14(13)17/h2-7,9-10,16,18H,8H2,1H3. The van der Waals surface area contributed by atoms with Crippen molar-refractivity contribution in [3.8, 4) is 5.75 Å². The summed E-state index contributed by atoms with van der Waals surface area (Å²) in [6, 6.07) is 13.9. The molecule has 1 heterocycles. The molecule has 1 aliphatic rings. The molecule has 0 spiro atoms. The molecule has 2 unspecified atom stereocenters. The Labute approximate surface area is 126 Å². The van der Waals surface area contributed by atoms with Crippen LogP contribution >= 0.6 is 22.6 Å². The molecule has 3 heteroatoms. The molecule has 2 aromatic rings. The van der Waals surface area contributed by atoms with Gasteiger partial charge in [-0.05, 0) is 64.4 Å². The number of ether oxygens (including phenoxy) is 1. The molecule has 0 radical (unpaired) electrons. The first-order valence-electron chi connectivity index (χ1n) is 6.37. The highest BCUT2D eigenvalue weighted by Gasteiger charge is 2.21. The van der Waals surface area contributed by atoms with Gasteiger partial charge in [0.05, 0.1) is 0 Å². The molecular weight excluding hydrogens is 351 g/mol. The van der Waals surface area contributed by atoms with Crippen LogP contribution in [-0.2, 0) is 6.42 Å². The normalized spacial score (nSPS) is 18.8. The zero-order chi connectivity index (χ0) is 13.4. The third-order valence-electron chi connectivity index (χ3n) is 3.44. The van der Waals surface area contributed by atoms with Gasteiger partial charge in [-0.25, -0.2) is 0 Å². The fourth-order valence-electron chi connectivity index (χ4n) is 2.49. The van der Waals surface area contributed by atoms with Crippen molar-refractivity contribution in [2.45, 2.75) is 25.6 Å². The second-order valence-corrected chi connectivity index (χ2v) is 6.09. The monoisotopic (exact) mass is 366 g/mol. The fraction of sp³-hybridized carbons (Fsp3) is 0.250. The number of fused-ring (bicyclic) bond motifs is 1. The van der Waals surface area contributed by atoms with E-state index >= 15 is 0 Å². The topological polar surface area (TPSA) is 29.5 Å². The van der Waals surface area contributed by atoms with Gasteiger partial charge in [0, 0.05) is 9.99 Å². The van der Waals surface area contributed by atoms with Crippen molar-refractivity contribution in [2.24, 2.45) is 0 Å². The van der Waals surface area contributed by atoms with E-state index in [4.69, 9.17) is 4.74 Å². The van der Waals surface area contributed by atoms with Gasteiger partial charge < -0.3 is 9.84 Å².